The lowest BCUT2D eigenvalue weighted by Gasteiger charge is -2.31. The van der Waals surface area contributed by atoms with Gasteiger partial charge < -0.3 is 4.90 Å². The number of hydrogen-bond donors (Lipinski definition) is 0. The number of hydrogen-bond acceptors (Lipinski definition) is 4. The molecule has 0 spiro atoms. The highest BCUT2D eigenvalue weighted by molar-refractivity contribution is 5.37. The van der Waals surface area contributed by atoms with Crippen molar-refractivity contribution in [3.63, 3.8) is 0 Å². The molecule has 96 valence electrons. The lowest BCUT2D eigenvalue weighted by molar-refractivity contribution is 0.145. The topological polar surface area (TPSA) is 36.7 Å². The molecule has 18 heavy (non-hydrogen) atoms. The monoisotopic (exact) mass is 249 g/mol. The third kappa shape index (κ3) is 2.21. The van der Waals surface area contributed by atoms with Crippen LogP contribution in [0.5, 0.6) is 0 Å². The molecule has 1 saturated heterocycles. The van der Waals surface area contributed by atoms with Crippen molar-refractivity contribution in [3.05, 3.63) is 30.0 Å². The van der Waals surface area contributed by atoms with E-state index in [2.05, 4.69) is 27.0 Å². The van der Waals surface area contributed by atoms with Crippen molar-refractivity contribution in [1.82, 2.24) is 24.4 Å². The summed E-state index contributed by atoms with van der Waals surface area (Å²) in [5.41, 5.74) is 0.695. The molecule has 0 saturated carbocycles. The van der Waals surface area contributed by atoms with E-state index < -0.39 is 0 Å². The molecule has 1 fully saturated rings. The molecule has 1 aliphatic rings. The second-order valence-corrected chi connectivity index (χ2v) is 4.77. The second kappa shape index (κ2) is 4.62. The van der Waals surface area contributed by atoms with Crippen LogP contribution in [-0.2, 0) is 6.54 Å². The van der Waals surface area contributed by atoms with Gasteiger partial charge in [-0.3, -0.25) is 9.30 Å². The summed E-state index contributed by atoms with van der Waals surface area (Å²) in [6, 6.07) is 3.06. The molecule has 0 amide bonds. The number of likely N-dealkylation sites (N-methyl/N-ethyl adjacent to an activating group) is 1. The lowest BCUT2D eigenvalue weighted by atomic mass is 10.3. The fourth-order valence-electron chi connectivity index (χ4n) is 2.23. The maximum Gasteiger partial charge on any atom is 0.160 e. The standard InChI is InChI=1S/C12H16FN5/c1-16-4-6-17(7-5-16)9-12-15-14-11-3-2-10(13)8-18(11)12/h2-3,8H,4-7,9H2,1H3. The van der Waals surface area contributed by atoms with E-state index >= 15 is 0 Å². The van der Waals surface area contributed by atoms with Gasteiger partial charge in [0.15, 0.2) is 11.5 Å². The van der Waals surface area contributed by atoms with E-state index in [4.69, 9.17) is 0 Å². The van der Waals surface area contributed by atoms with Gasteiger partial charge in [0.1, 0.15) is 5.82 Å². The van der Waals surface area contributed by atoms with Crippen molar-refractivity contribution >= 4 is 5.65 Å². The average Bonchev–Trinajstić information content (AvgIpc) is 2.75. The maximum absolute atomic E-state index is 13.2. The van der Waals surface area contributed by atoms with Crippen molar-refractivity contribution in [2.75, 3.05) is 33.2 Å². The third-order valence-electron chi connectivity index (χ3n) is 3.40. The molecule has 0 unspecified atom stereocenters. The van der Waals surface area contributed by atoms with Crippen LogP contribution in [0, 0.1) is 5.82 Å². The van der Waals surface area contributed by atoms with Crippen LogP contribution in [0.15, 0.2) is 18.3 Å². The molecule has 0 aliphatic carbocycles. The fourth-order valence-corrected chi connectivity index (χ4v) is 2.23. The molecule has 2 aromatic heterocycles. The molecular formula is C12H16FN5. The first kappa shape index (κ1) is 11.6. The summed E-state index contributed by atoms with van der Waals surface area (Å²) >= 11 is 0. The molecule has 0 atom stereocenters. The van der Waals surface area contributed by atoms with E-state index in [1.807, 2.05) is 0 Å². The van der Waals surface area contributed by atoms with Gasteiger partial charge in [-0.25, -0.2) is 4.39 Å². The molecule has 0 bridgehead atoms. The van der Waals surface area contributed by atoms with Crippen LogP contribution >= 0.6 is 0 Å². The predicted octanol–water partition coefficient (Wildman–Crippen LogP) is 0.616. The fraction of sp³-hybridized carbons (Fsp3) is 0.500. The minimum Gasteiger partial charge on any atom is -0.304 e. The van der Waals surface area contributed by atoms with Crippen LogP contribution < -0.4 is 0 Å². The Labute approximate surface area is 105 Å². The zero-order valence-electron chi connectivity index (χ0n) is 10.4. The molecule has 3 heterocycles. The van der Waals surface area contributed by atoms with Gasteiger partial charge in [0.2, 0.25) is 0 Å². The normalized spacial score (nSPS) is 18.6. The van der Waals surface area contributed by atoms with Crippen LogP contribution in [0.4, 0.5) is 4.39 Å². The SMILES string of the molecule is CN1CCN(Cc2nnc3ccc(F)cn23)CC1. The first-order valence-corrected chi connectivity index (χ1v) is 6.12. The van der Waals surface area contributed by atoms with Crippen molar-refractivity contribution in [2.24, 2.45) is 0 Å². The zero-order chi connectivity index (χ0) is 12.5. The van der Waals surface area contributed by atoms with Gasteiger partial charge >= 0.3 is 0 Å². The molecule has 2 aromatic rings. The van der Waals surface area contributed by atoms with Crippen molar-refractivity contribution in [1.29, 1.82) is 0 Å². The van der Waals surface area contributed by atoms with Crippen molar-refractivity contribution in [2.45, 2.75) is 6.54 Å². The van der Waals surface area contributed by atoms with Gasteiger partial charge in [-0.15, -0.1) is 10.2 Å². The quantitative estimate of drug-likeness (QED) is 0.781. The second-order valence-electron chi connectivity index (χ2n) is 4.77. The van der Waals surface area contributed by atoms with E-state index in [1.165, 1.54) is 12.3 Å². The predicted molar refractivity (Wildman–Crippen MR) is 65.7 cm³/mol. The van der Waals surface area contributed by atoms with Crippen LogP contribution in [0.25, 0.3) is 5.65 Å². The summed E-state index contributed by atoms with van der Waals surface area (Å²) in [7, 11) is 2.12. The van der Waals surface area contributed by atoms with Crippen LogP contribution in [0.2, 0.25) is 0 Å². The highest BCUT2D eigenvalue weighted by Gasteiger charge is 2.16. The number of fused-ring (bicyclic) bond motifs is 1. The number of halogens is 1. The molecule has 5 nitrogen and oxygen atoms in total. The number of pyridine rings is 1. The van der Waals surface area contributed by atoms with Gasteiger partial charge in [0, 0.05) is 32.4 Å². The Morgan fingerprint density at radius 2 is 1.94 bits per heavy atom. The lowest BCUT2D eigenvalue weighted by Crippen LogP contribution is -2.44. The smallest absolute Gasteiger partial charge is 0.160 e. The summed E-state index contributed by atoms with van der Waals surface area (Å²) in [5.74, 6) is 0.538. The molecule has 0 N–H and O–H groups in total. The average molecular weight is 249 g/mol. The number of nitrogens with zero attached hydrogens (tertiary/aromatic N) is 5. The minimum absolute atomic E-state index is 0.262. The van der Waals surface area contributed by atoms with Crippen LogP contribution in [0.3, 0.4) is 0 Å². The minimum atomic E-state index is -0.262. The van der Waals surface area contributed by atoms with Gasteiger partial charge in [-0.1, -0.05) is 0 Å². The first-order valence-electron chi connectivity index (χ1n) is 6.12. The highest BCUT2D eigenvalue weighted by atomic mass is 19.1. The summed E-state index contributed by atoms with van der Waals surface area (Å²) in [6.07, 6.45) is 1.45. The van der Waals surface area contributed by atoms with Gasteiger partial charge in [-0.05, 0) is 19.2 Å². The number of aromatic nitrogens is 3. The van der Waals surface area contributed by atoms with Crippen molar-refractivity contribution in [3.8, 4) is 0 Å². The Morgan fingerprint density at radius 3 is 2.72 bits per heavy atom. The van der Waals surface area contributed by atoms with Crippen LogP contribution in [0.1, 0.15) is 5.82 Å². The van der Waals surface area contributed by atoms with Gasteiger partial charge in [0.25, 0.3) is 0 Å². The van der Waals surface area contributed by atoms with Gasteiger partial charge in [0.05, 0.1) is 6.54 Å². The molecule has 3 rings (SSSR count). The molecule has 0 aromatic carbocycles. The zero-order valence-corrected chi connectivity index (χ0v) is 10.4. The molecular weight excluding hydrogens is 233 g/mol. The van der Waals surface area contributed by atoms with E-state index in [0.717, 1.165) is 38.5 Å². The largest absolute Gasteiger partial charge is 0.304 e. The summed E-state index contributed by atoms with van der Waals surface area (Å²) in [4.78, 5) is 4.62. The number of rotatable bonds is 2. The summed E-state index contributed by atoms with van der Waals surface area (Å²) in [6.45, 7) is 4.87. The summed E-state index contributed by atoms with van der Waals surface area (Å²) in [5, 5.41) is 8.19. The van der Waals surface area contributed by atoms with Crippen LogP contribution in [-0.4, -0.2) is 57.6 Å². The van der Waals surface area contributed by atoms with Gasteiger partial charge in [-0.2, -0.15) is 0 Å². The number of piperazine rings is 1. The molecule has 0 radical (unpaired) electrons. The molecule has 6 heteroatoms. The summed E-state index contributed by atoms with van der Waals surface area (Å²) < 4.78 is 15.0. The Morgan fingerprint density at radius 1 is 1.17 bits per heavy atom. The van der Waals surface area contributed by atoms with E-state index in [0.29, 0.717) is 5.65 Å². The van der Waals surface area contributed by atoms with E-state index in [-0.39, 0.29) is 5.82 Å². The first-order chi connectivity index (χ1) is 8.72. The van der Waals surface area contributed by atoms with Crippen molar-refractivity contribution < 1.29 is 4.39 Å². The molecule has 1 aliphatic heterocycles. The Bertz CT molecular complexity index is 544. The maximum atomic E-state index is 13.2. The highest BCUT2D eigenvalue weighted by Crippen LogP contribution is 2.09. The third-order valence-corrected chi connectivity index (χ3v) is 3.40. The van der Waals surface area contributed by atoms with E-state index in [9.17, 15) is 4.39 Å². The van der Waals surface area contributed by atoms with E-state index in [1.54, 1.807) is 10.5 Å². The Balaban J connectivity index is 1.80. The Hall–Kier alpha value is -1.53. The Kier molecular flexibility index (Phi) is 2.97.